The zero-order valence-corrected chi connectivity index (χ0v) is 12.3. The Balaban J connectivity index is 2.70. The second kappa shape index (κ2) is 6.38. The van der Waals surface area contributed by atoms with Crippen LogP contribution in [0.5, 0.6) is 0 Å². The Morgan fingerprint density at radius 2 is 1.33 bits per heavy atom. The van der Waals surface area contributed by atoms with Crippen LogP contribution >= 0.6 is 0 Å². The fourth-order valence-electron chi connectivity index (χ4n) is 2.23. The molecule has 106 valence electrons. The van der Waals surface area contributed by atoms with Crippen LogP contribution in [-0.4, -0.2) is 67.4 Å². The maximum atomic E-state index is 12.4. The van der Waals surface area contributed by atoms with Gasteiger partial charge in [0, 0.05) is 27.3 Å². The van der Waals surface area contributed by atoms with E-state index in [4.69, 9.17) is 9.47 Å². The Labute approximate surface area is 110 Å². The molecule has 0 aromatic carbocycles. The molecule has 0 aliphatic carbocycles. The molecule has 4 atom stereocenters. The van der Waals surface area contributed by atoms with E-state index in [0.29, 0.717) is 13.1 Å². The summed E-state index contributed by atoms with van der Waals surface area (Å²) in [5, 5.41) is 0. The average molecular weight is 258 g/mol. The molecule has 1 rings (SSSR count). The van der Waals surface area contributed by atoms with E-state index in [1.807, 2.05) is 23.6 Å². The van der Waals surface area contributed by atoms with Gasteiger partial charge < -0.3 is 19.3 Å². The molecule has 0 spiro atoms. The van der Waals surface area contributed by atoms with Crippen LogP contribution in [0.2, 0.25) is 0 Å². The number of hydrogen-bond acceptors (Lipinski definition) is 3. The molecule has 1 fully saturated rings. The predicted molar refractivity (Wildman–Crippen MR) is 70.7 cm³/mol. The quantitative estimate of drug-likeness (QED) is 0.726. The fraction of sp³-hybridized carbons (Fsp3) is 0.923. The summed E-state index contributed by atoms with van der Waals surface area (Å²) in [5.41, 5.74) is 0. The molecule has 2 amide bonds. The van der Waals surface area contributed by atoms with Crippen LogP contribution in [0.1, 0.15) is 27.7 Å². The Bertz CT molecular complexity index is 259. The normalized spacial score (nSPS) is 27.8. The van der Waals surface area contributed by atoms with Gasteiger partial charge >= 0.3 is 6.03 Å². The van der Waals surface area contributed by atoms with Crippen molar-refractivity contribution in [2.24, 2.45) is 0 Å². The third-order valence-electron chi connectivity index (χ3n) is 3.89. The van der Waals surface area contributed by atoms with Crippen molar-refractivity contribution in [1.29, 1.82) is 0 Å². The van der Waals surface area contributed by atoms with Crippen molar-refractivity contribution in [2.45, 2.75) is 52.0 Å². The molecule has 1 saturated heterocycles. The van der Waals surface area contributed by atoms with Crippen molar-refractivity contribution in [3.05, 3.63) is 0 Å². The van der Waals surface area contributed by atoms with E-state index in [1.54, 1.807) is 14.2 Å². The SMILES string of the molecule is COC(C)CN1C(=O)N(CC(C)OC)C(C)C1C. The van der Waals surface area contributed by atoms with Crippen LogP contribution in [0.25, 0.3) is 0 Å². The monoisotopic (exact) mass is 258 g/mol. The first-order chi connectivity index (χ1) is 8.42. The second-order valence-electron chi connectivity index (χ2n) is 5.16. The standard InChI is InChI=1S/C13H26N2O3/c1-9(17-5)7-14-11(3)12(4)15(13(14)16)8-10(2)18-6/h9-12H,7-8H2,1-6H3. The van der Waals surface area contributed by atoms with Crippen LogP contribution in [0, 0.1) is 0 Å². The minimum absolute atomic E-state index is 0.0587. The first-order valence-electron chi connectivity index (χ1n) is 6.55. The lowest BCUT2D eigenvalue weighted by Crippen LogP contribution is -2.40. The molecular formula is C13H26N2O3. The molecule has 4 unspecified atom stereocenters. The summed E-state index contributed by atoms with van der Waals surface area (Å²) in [6.45, 7) is 9.40. The van der Waals surface area contributed by atoms with E-state index in [1.165, 1.54) is 0 Å². The highest BCUT2D eigenvalue weighted by Crippen LogP contribution is 2.23. The summed E-state index contributed by atoms with van der Waals surface area (Å²) in [6, 6.07) is 0.501. The van der Waals surface area contributed by atoms with Crippen molar-refractivity contribution in [3.8, 4) is 0 Å². The number of carbonyl (C=O) groups excluding carboxylic acids is 1. The lowest BCUT2D eigenvalue weighted by molar-refractivity contribution is 0.0777. The van der Waals surface area contributed by atoms with Gasteiger partial charge in [0.25, 0.3) is 0 Å². The maximum absolute atomic E-state index is 12.4. The van der Waals surface area contributed by atoms with E-state index >= 15 is 0 Å². The van der Waals surface area contributed by atoms with Crippen LogP contribution < -0.4 is 0 Å². The van der Waals surface area contributed by atoms with Crippen molar-refractivity contribution >= 4 is 6.03 Å². The van der Waals surface area contributed by atoms with Crippen LogP contribution in [-0.2, 0) is 9.47 Å². The molecule has 1 heterocycles. The van der Waals surface area contributed by atoms with Gasteiger partial charge in [-0.2, -0.15) is 0 Å². The zero-order chi connectivity index (χ0) is 13.9. The molecule has 1 aliphatic heterocycles. The summed E-state index contributed by atoms with van der Waals surface area (Å²) in [4.78, 5) is 16.2. The number of hydrogen-bond donors (Lipinski definition) is 0. The number of amides is 2. The van der Waals surface area contributed by atoms with E-state index in [9.17, 15) is 4.79 Å². The predicted octanol–water partition coefficient (Wildman–Crippen LogP) is 1.57. The molecule has 0 saturated carbocycles. The molecule has 5 nitrogen and oxygen atoms in total. The van der Waals surface area contributed by atoms with Gasteiger partial charge in [0.2, 0.25) is 0 Å². The van der Waals surface area contributed by atoms with Gasteiger partial charge in [-0.25, -0.2) is 4.79 Å². The van der Waals surface area contributed by atoms with Gasteiger partial charge in [0.1, 0.15) is 0 Å². The molecule has 0 radical (unpaired) electrons. The molecule has 0 bridgehead atoms. The lowest BCUT2D eigenvalue weighted by Gasteiger charge is -2.24. The molecule has 5 heteroatoms. The van der Waals surface area contributed by atoms with Gasteiger partial charge in [0.05, 0.1) is 24.3 Å². The average Bonchev–Trinajstić information content (AvgIpc) is 2.55. The molecule has 18 heavy (non-hydrogen) atoms. The Hall–Kier alpha value is -0.810. The summed E-state index contributed by atoms with van der Waals surface area (Å²) >= 11 is 0. The van der Waals surface area contributed by atoms with Crippen molar-refractivity contribution in [2.75, 3.05) is 27.3 Å². The van der Waals surface area contributed by atoms with Gasteiger partial charge in [-0.15, -0.1) is 0 Å². The number of ether oxygens (including phenoxy) is 2. The number of urea groups is 1. The minimum Gasteiger partial charge on any atom is -0.380 e. The van der Waals surface area contributed by atoms with Crippen molar-refractivity contribution < 1.29 is 14.3 Å². The van der Waals surface area contributed by atoms with Crippen molar-refractivity contribution in [3.63, 3.8) is 0 Å². The number of nitrogens with zero attached hydrogens (tertiary/aromatic N) is 2. The summed E-state index contributed by atoms with van der Waals surface area (Å²) in [5.74, 6) is 0. The third kappa shape index (κ3) is 3.14. The van der Waals surface area contributed by atoms with Crippen LogP contribution in [0.15, 0.2) is 0 Å². The minimum atomic E-state index is 0.0587. The van der Waals surface area contributed by atoms with E-state index in [-0.39, 0.29) is 30.3 Å². The first kappa shape index (κ1) is 15.2. The van der Waals surface area contributed by atoms with Gasteiger partial charge in [-0.05, 0) is 27.7 Å². The molecule has 0 aromatic heterocycles. The zero-order valence-electron chi connectivity index (χ0n) is 12.3. The number of carbonyl (C=O) groups is 1. The highest BCUT2D eigenvalue weighted by atomic mass is 16.5. The molecule has 0 N–H and O–H groups in total. The second-order valence-corrected chi connectivity index (χ2v) is 5.16. The van der Waals surface area contributed by atoms with Crippen LogP contribution in [0.4, 0.5) is 4.79 Å². The highest BCUT2D eigenvalue weighted by Gasteiger charge is 2.41. The lowest BCUT2D eigenvalue weighted by atomic mass is 10.1. The molecular weight excluding hydrogens is 232 g/mol. The summed E-state index contributed by atoms with van der Waals surface area (Å²) < 4.78 is 10.5. The number of rotatable bonds is 6. The summed E-state index contributed by atoms with van der Waals surface area (Å²) in [7, 11) is 3.34. The maximum Gasteiger partial charge on any atom is 0.320 e. The van der Waals surface area contributed by atoms with Gasteiger partial charge in [-0.1, -0.05) is 0 Å². The van der Waals surface area contributed by atoms with Crippen LogP contribution in [0.3, 0.4) is 0 Å². The first-order valence-corrected chi connectivity index (χ1v) is 6.55. The number of methoxy groups -OCH3 is 2. The largest absolute Gasteiger partial charge is 0.380 e. The van der Waals surface area contributed by atoms with E-state index in [2.05, 4.69) is 13.8 Å². The molecule has 1 aliphatic rings. The summed E-state index contributed by atoms with van der Waals surface area (Å²) in [6.07, 6.45) is 0.117. The molecule has 0 aromatic rings. The van der Waals surface area contributed by atoms with E-state index in [0.717, 1.165) is 0 Å². The van der Waals surface area contributed by atoms with E-state index < -0.39 is 0 Å². The third-order valence-corrected chi connectivity index (χ3v) is 3.89. The highest BCUT2D eigenvalue weighted by molar-refractivity contribution is 5.78. The fourth-order valence-corrected chi connectivity index (χ4v) is 2.23. The smallest absolute Gasteiger partial charge is 0.320 e. The van der Waals surface area contributed by atoms with Gasteiger partial charge in [-0.3, -0.25) is 0 Å². The Kier molecular flexibility index (Phi) is 5.41. The Morgan fingerprint density at radius 1 is 1.00 bits per heavy atom. The van der Waals surface area contributed by atoms with Crippen molar-refractivity contribution in [1.82, 2.24) is 9.80 Å². The van der Waals surface area contributed by atoms with Gasteiger partial charge in [0.15, 0.2) is 0 Å². The Morgan fingerprint density at radius 3 is 1.61 bits per heavy atom. The topological polar surface area (TPSA) is 42.0 Å².